The van der Waals surface area contributed by atoms with Gasteiger partial charge < -0.3 is 24.0 Å². The number of hydrogen-bond acceptors (Lipinski definition) is 6. The van der Waals surface area contributed by atoms with Crippen molar-refractivity contribution in [1.29, 1.82) is 0 Å². The van der Waals surface area contributed by atoms with Gasteiger partial charge in [0.15, 0.2) is 0 Å². The molecule has 0 unspecified atom stereocenters. The van der Waals surface area contributed by atoms with Crippen LogP contribution < -0.4 is 9.47 Å². The van der Waals surface area contributed by atoms with Crippen molar-refractivity contribution in [2.45, 2.75) is 18.8 Å². The van der Waals surface area contributed by atoms with Gasteiger partial charge in [-0.15, -0.1) is 0 Å². The molecule has 2 aliphatic heterocycles. The molecule has 184 valence electrons. The number of rotatable bonds is 5. The van der Waals surface area contributed by atoms with Crippen LogP contribution in [0.25, 0.3) is 5.52 Å². The summed E-state index contributed by atoms with van der Waals surface area (Å²) in [4.78, 5) is 29.9. The Balaban J connectivity index is 1.29. The van der Waals surface area contributed by atoms with E-state index in [1.54, 1.807) is 43.1 Å². The first-order chi connectivity index (χ1) is 17.1. The van der Waals surface area contributed by atoms with E-state index in [0.29, 0.717) is 67.9 Å². The van der Waals surface area contributed by atoms with Gasteiger partial charge in [-0.2, -0.15) is 5.10 Å². The molecular formula is C26H30N4O5. The average Bonchev–Trinajstić information content (AvgIpc) is 3.35. The van der Waals surface area contributed by atoms with E-state index >= 15 is 0 Å². The first-order valence-electron chi connectivity index (χ1n) is 11.9. The maximum Gasteiger partial charge on any atom is 0.257 e. The number of hydrogen-bond donors (Lipinski definition) is 0. The van der Waals surface area contributed by atoms with Crippen LogP contribution in [0.4, 0.5) is 0 Å². The molecule has 1 aromatic carbocycles. The molecule has 0 atom stereocenters. The quantitative estimate of drug-likeness (QED) is 0.561. The molecule has 0 bridgehead atoms. The Bertz CT molecular complexity index is 1200. The molecule has 9 nitrogen and oxygen atoms in total. The molecule has 2 fully saturated rings. The van der Waals surface area contributed by atoms with Crippen LogP contribution >= 0.6 is 0 Å². The number of aromatic nitrogens is 2. The van der Waals surface area contributed by atoms with Gasteiger partial charge in [0.25, 0.3) is 11.8 Å². The Labute approximate surface area is 204 Å². The second kappa shape index (κ2) is 9.95. The lowest BCUT2D eigenvalue weighted by atomic mass is 9.89. The van der Waals surface area contributed by atoms with E-state index in [9.17, 15) is 9.59 Å². The van der Waals surface area contributed by atoms with Crippen molar-refractivity contribution in [3.05, 3.63) is 59.4 Å². The van der Waals surface area contributed by atoms with E-state index in [-0.39, 0.29) is 11.8 Å². The monoisotopic (exact) mass is 478 g/mol. The summed E-state index contributed by atoms with van der Waals surface area (Å²) < 4.78 is 17.8. The van der Waals surface area contributed by atoms with Gasteiger partial charge in [0.05, 0.1) is 44.7 Å². The van der Waals surface area contributed by atoms with Crippen LogP contribution in [0.15, 0.2) is 42.7 Å². The second-order valence-electron chi connectivity index (χ2n) is 8.92. The Morgan fingerprint density at radius 2 is 1.57 bits per heavy atom. The van der Waals surface area contributed by atoms with E-state index in [1.165, 1.54) is 5.56 Å². The standard InChI is InChI=1S/C26H30N4O5/c1-33-21-13-20(14-22(16-21)34-2)25(31)28-6-3-18(4-7-28)19-5-8-30-24(15-19)23(17-27-30)26(32)29-9-11-35-12-10-29/h5,8,13-18H,3-4,6-7,9-12H2,1-2H3. The fraction of sp³-hybridized carbons (Fsp3) is 0.423. The highest BCUT2D eigenvalue weighted by Crippen LogP contribution is 2.31. The normalized spacial score (nSPS) is 17.0. The van der Waals surface area contributed by atoms with Crippen molar-refractivity contribution in [3.63, 3.8) is 0 Å². The van der Waals surface area contributed by atoms with Crippen molar-refractivity contribution in [3.8, 4) is 11.5 Å². The summed E-state index contributed by atoms with van der Waals surface area (Å²) in [6, 6.07) is 9.40. The minimum Gasteiger partial charge on any atom is -0.497 e. The molecule has 5 rings (SSSR count). The smallest absolute Gasteiger partial charge is 0.257 e. The van der Waals surface area contributed by atoms with Crippen LogP contribution in [-0.2, 0) is 4.74 Å². The maximum atomic E-state index is 13.1. The van der Waals surface area contributed by atoms with Gasteiger partial charge in [-0.25, -0.2) is 4.52 Å². The fourth-order valence-corrected chi connectivity index (χ4v) is 4.88. The number of piperidine rings is 1. The lowest BCUT2D eigenvalue weighted by Gasteiger charge is -2.32. The number of amides is 2. The van der Waals surface area contributed by atoms with Crippen LogP contribution in [0.1, 0.15) is 45.0 Å². The third-order valence-corrected chi connectivity index (χ3v) is 6.93. The molecular weight excluding hydrogens is 448 g/mol. The molecule has 2 aliphatic rings. The highest BCUT2D eigenvalue weighted by molar-refractivity contribution is 6.00. The Morgan fingerprint density at radius 3 is 2.23 bits per heavy atom. The summed E-state index contributed by atoms with van der Waals surface area (Å²) in [5, 5.41) is 4.38. The molecule has 4 heterocycles. The molecule has 0 aliphatic carbocycles. The van der Waals surface area contributed by atoms with Gasteiger partial charge in [-0.05, 0) is 48.6 Å². The molecule has 2 saturated heterocycles. The first kappa shape index (κ1) is 23.2. The third-order valence-electron chi connectivity index (χ3n) is 6.93. The summed E-state index contributed by atoms with van der Waals surface area (Å²) >= 11 is 0. The van der Waals surface area contributed by atoms with Gasteiger partial charge >= 0.3 is 0 Å². The van der Waals surface area contributed by atoms with Crippen molar-refractivity contribution < 1.29 is 23.8 Å². The van der Waals surface area contributed by atoms with Crippen molar-refractivity contribution in [2.24, 2.45) is 0 Å². The summed E-state index contributed by atoms with van der Waals surface area (Å²) in [5.74, 6) is 1.48. The molecule has 0 N–H and O–H groups in total. The van der Waals surface area contributed by atoms with Crippen LogP contribution in [-0.4, -0.2) is 84.8 Å². The van der Waals surface area contributed by atoms with Crippen LogP contribution in [0.3, 0.4) is 0 Å². The zero-order valence-corrected chi connectivity index (χ0v) is 20.1. The van der Waals surface area contributed by atoms with Crippen molar-refractivity contribution in [1.82, 2.24) is 19.4 Å². The van der Waals surface area contributed by atoms with E-state index in [2.05, 4.69) is 17.2 Å². The number of nitrogens with zero attached hydrogens (tertiary/aromatic N) is 4. The maximum absolute atomic E-state index is 13.1. The molecule has 0 radical (unpaired) electrons. The average molecular weight is 479 g/mol. The van der Waals surface area contributed by atoms with Crippen molar-refractivity contribution in [2.75, 3.05) is 53.6 Å². The largest absolute Gasteiger partial charge is 0.497 e. The van der Waals surface area contributed by atoms with Gasteiger partial charge in [0.1, 0.15) is 11.5 Å². The highest BCUT2D eigenvalue weighted by Gasteiger charge is 2.27. The number of pyridine rings is 1. The fourth-order valence-electron chi connectivity index (χ4n) is 4.88. The summed E-state index contributed by atoms with van der Waals surface area (Å²) in [7, 11) is 3.15. The Kier molecular flexibility index (Phi) is 6.59. The molecule has 2 amide bonds. The van der Waals surface area contributed by atoms with Gasteiger partial charge in [-0.3, -0.25) is 9.59 Å². The van der Waals surface area contributed by atoms with Gasteiger partial charge in [-0.1, -0.05) is 0 Å². The SMILES string of the molecule is COc1cc(OC)cc(C(=O)N2CCC(c3ccn4ncc(C(=O)N5CCOCC5)c4c3)CC2)c1. The number of ether oxygens (including phenoxy) is 3. The molecule has 35 heavy (non-hydrogen) atoms. The zero-order chi connectivity index (χ0) is 24.4. The predicted octanol–water partition coefficient (Wildman–Crippen LogP) is 2.84. The lowest BCUT2D eigenvalue weighted by molar-refractivity contribution is 0.0304. The van der Waals surface area contributed by atoms with Crippen LogP contribution in [0, 0.1) is 0 Å². The summed E-state index contributed by atoms with van der Waals surface area (Å²) in [5.41, 5.74) is 3.17. The number of fused-ring (bicyclic) bond motifs is 1. The van der Waals surface area contributed by atoms with E-state index in [1.807, 2.05) is 16.0 Å². The molecule has 0 spiro atoms. The minimum absolute atomic E-state index is 0.00502. The van der Waals surface area contributed by atoms with E-state index in [4.69, 9.17) is 14.2 Å². The van der Waals surface area contributed by atoms with E-state index < -0.39 is 0 Å². The second-order valence-corrected chi connectivity index (χ2v) is 8.92. The summed E-state index contributed by atoms with van der Waals surface area (Å²) in [6.45, 7) is 3.65. The van der Waals surface area contributed by atoms with Crippen LogP contribution in [0.2, 0.25) is 0 Å². The van der Waals surface area contributed by atoms with E-state index in [0.717, 1.165) is 18.4 Å². The van der Waals surface area contributed by atoms with Crippen LogP contribution in [0.5, 0.6) is 11.5 Å². The molecule has 3 aromatic rings. The highest BCUT2D eigenvalue weighted by atomic mass is 16.5. The summed E-state index contributed by atoms with van der Waals surface area (Å²) in [6.07, 6.45) is 5.27. The number of carbonyl (C=O) groups is 2. The van der Waals surface area contributed by atoms with Gasteiger partial charge in [0.2, 0.25) is 0 Å². The zero-order valence-electron chi connectivity index (χ0n) is 20.1. The Morgan fingerprint density at radius 1 is 0.914 bits per heavy atom. The van der Waals surface area contributed by atoms with Gasteiger partial charge in [0, 0.05) is 44.0 Å². The number of methoxy groups -OCH3 is 2. The number of morpholine rings is 1. The molecule has 2 aromatic heterocycles. The number of benzene rings is 1. The first-order valence-corrected chi connectivity index (χ1v) is 11.9. The Hall–Kier alpha value is -3.59. The topological polar surface area (TPSA) is 85.6 Å². The molecule has 0 saturated carbocycles. The number of likely N-dealkylation sites (tertiary alicyclic amines) is 1. The third kappa shape index (κ3) is 4.68. The van der Waals surface area contributed by atoms with Crippen molar-refractivity contribution >= 4 is 17.3 Å². The predicted molar refractivity (Wildman–Crippen MR) is 129 cm³/mol. The molecule has 9 heteroatoms. The minimum atomic E-state index is -0.0229. The lowest BCUT2D eigenvalue weighted by Crippen LogP contribution is -2.40. The number of carbonyl (C=O) groups excluding carboxylic acids is 2.